The molecule has 0 aliphatic heterocycles. The summed E-state index contributed by atoms with van der Waals surface area (Å²) in [5, 5.41) is 9.69. The van der Waals surface area contributed by atoms with E-state index < -0.39 is 0 Å². The van der Waals surface area contributed by atoms with E-state index in [2.05, 4.69) is 20.9 Å². The Morgan fingerprint density at radius 3 is 2.64 bits per heavy atom. The molecule has 1 aromatic carbocycles. The number of nitrogens with one attached hydrogen (secondary N) is 3. The van der Waals surface area contributed by atoms with E-state index in [1.807, 2.05) is 43.3 Å². The molecular weight excluding hydrogens is 350 g/mol. The number of likely N-dealkylation sites (N-methyl/N-ethyl adjacent to an activating group) is 1. The summed E-state index contributed by atoms with van der Waals surface area (Å²) in [5.74, 6) is 1.72. The Labute approximate surface area is 170 Å². The largest absolute Gasteiger partial charge is 0.356 e. The molecule has 2 rings (SSSR count). The summed E-state index contributed by atoms with van der Waals surface area (Å²) in [4.78, 5) is 18.6. The van der Waals surface area contributed by atoms with Crippen LogP contribution in [0.3, 0.4) is 0 Å². The predicted octanol–water partition coefficient (Wildman–Crippen LogP) is 2.61. The maximum absolute atomic E-state index is 12.3. The van der Waals surface area contributed by atoms with Crippen LogP contribution in [0.2, 0.25) is 0 Å². The fourth-order valence-corrected chi connectivity index (χ4v) is 3.62. The van der Waals surface area contributed by atoms with Crippen LogP contribution < -0.4 is 16.0 Å². The third-order valence-electron chi connectivity index (χ3n) is 5.27. The third kappa shape index (κ3) is 8.30. The molecule has 3 N–H and O–H groups in total. The Hall–Kier alpha value is -2.08. The van der Waals surface area contributed by atoms with E-state index in [0.29, 0.717) is 18.7 Å². The lowest BCUT2D eigenvalue weighted by atomic mass is 10.0. The molecule has 1 amide bonds. The summed E-state index contributed by atoms with van der Waals surface area (Å²) >= 11 is 0. The molecular formula is C22H37N5O. The molecule has 1 fully saturated rings. The first-order valence-electron chi connectivity index (χ1n) is 10.5. The number of carbonyl (C=O) groups excluding carboxylic acids is 1. The molecule has 0 spiro atoms. The van der Waals surface area contributed by atoms with Crippen molar-refractivity contribution in [3.63, 3.8) is 0 Å². The quantitative estimate of drug-likeness (QED) is 0.328. The molecule has 28 heavy (non-hydrogen) atoms. The van der Waals surface area contributed by atoms with E-state index in [0.717, 1.165) is 30.5 Å². The van der Waals surface area contributed by atoms with Crippen LogP contribution in [0.25, 0.3) is 0 Å². The van der Waals surface area contributed by atoms with Crippen LogP contribution in [0.4, 0.5) is 0 Å². The molecule has 1 aliphatic rings. The zero-order valence-corrected chi connectivity index (χ0v) is 17.8. The highest BCUT2D eigenvalue weighted by Gasteiger charge is 2.14. The summed E-state index contributed by atoms with van der Waals surface area (Å²) in [6, 6.07) is 7.74. The number of nitrogens with zero attached hydrogens (tertiary/aromatic N) is 2. The first kappa shape index (κ1) is 22.2. The number of hydrogen-bond donors (Lipinski definition) is 3. The molecule has 0 radical (unpaired) electrons. The fraction of sp³-hybridized carbons (Fsp3) is 0.636. The molecule has 0 heterocycles. The summed E-state index contributed by atoms with van der Waals surface area (Å²) < 4.78 is 0. The minimum absolute atomic E-state index is 0.0295. The first-order valence-corrected chi connectivity index (χ1v) is 10.5. The van der Waals surface area contributed by atoms with Crippen molar-refractivity contribution in [1.82, 2.24) is 20.9 Å². The Morgan fingerprint density at radius 1 is 1.14 bits per heavy atom. The smallest absolute Gasteiger partial charge is 0.251 e. The molecule has 0 unspecified atom stereocenters. The molecule has 0 bridgehead atoms. The summed E-state index contributed by atoms with van der Waals surface area (Å²) in [6.07, 6.45) is 8.14. The van der Waals surface area contributed by atoms with Gasteiger partial charge in [0.25, 0.3) is 5.91 Å². The van der Waals surface area contributed by atoms with Crippen molar-refractivity contribution in [2.75, 3.05) is 40.8 Å². The summed E-state index contributed by atoms with van der Waals surface area (Å²) in [7, 11) is 5.78. The van der Waals surface area contributed by atoms with E-state index in [4.69, 9.17) is 0 Å². The molecule has 6 nitrogen and oxygen atoms in total. The summed E-state index contributed by atoms with van der Waals surface area (Å²) in [5.41, 5.74) is 1.76. The van der Waals surface area contributed by atoms with Gasteiger partial charge >= 0.3 is 0 Å². The van der Waals surface area contributed by atoms with Crippen molar-refractivity contribution in [3.8, 4) is 0 Å². The van der Waals surface area contributed by atoms with Crippen molar-refractivity contribution in [2.45, 2.75) is 45.1 Å². The summed E-state index contributed by atoms with van der Waals surface area (Å²) in [6.45, 7) is 3.06. The van der Waals surface area contributed by atoms with Gasteiger partial charge in [-0.25, -0.2) is 0 Å². The van der Waals surface area contributed by atoms with E-state index in [-0.39, 0.29) is 5.91 Å². The number of aliphatic imine (C=N–C) groups is 1. The van der Waals surface area contributed by atoms with E-state index in [1.165, 1.54) is 38.5 Å². The van der Waals surface area contributed by atoms with Gasteiger partial charge in [-0.15, -0.1) is 0 Å². The number of guanidine groups is 1. The monoisotopic (exact) mass is 387 g/mol. The Bertz CT molecular complexity index is 623. The highest BCUT2D eigenvalue weighted by molar-refractivity contribution is 5.94. The second-order valence-electron chi connectivity index (χ2n) is 7.90. The minimum Gasteiger partial charge on any atom is -0.356 e. The highest BCUT2D eigenvalue weighted by Crippen LogP contribution is 2.28. The second kappa shape index (κ2) is 12.4. The van der Waals surface area contributed by atoms with Gasteiger partial charge in [0.15, 0.2) is 5.96 Å². The lowest BCUT2D eigenvalue weighted by molar-refractivity contribution is 0.0951. The van der Waals surface area contributed by atoms with Crippen LogP contribution in [0, 0.1) is 5.92 Å². The molecule has 6 heteroatoms. The van der Waals surface area contributed by atoms with Crippen LogP contribution in [0.5, 0.6) is 0 Å². The first-order chi connectivity index (χ1) is 13.6. The van der Waals surface area contributed by atoms with Gasteiger partial charge in [-0.2, -0.15) is 0 Å². The average Bonchev–Trinajstić information content (AvgIpc) is 3.21. The van der Waals surface area contributed by atoms with Gasteiger partial charge in [-0.05, 0) is 50.6 Å². The molecule has 0 atom stereocenters. The Morgan fingerprint density at radius 2 is 1.93 bits per heavy atom. The van der Waals surface area contributed by atoms with E-state index >= 15 is 0 Å². The molecule has 1 aromatic rings. The average molecular weight is 388 g/mol. The van der Waals surface area contributed by atoms with Gasteiger partial charge in [0.05, 0.1) is 0 Å². The molecule has 0 aromatic heterocycles. The lowest BCUT2D eigenvalue weighted by Gasteiger charge is -2.14. The van der Waals surface area contributed by atoms with Gasteiger partial charge in [0.2, 0.25) is 0 Å². The molecule has 156 valence electrons. The molecule has 1 saturated carbocycles. The van der Waals surface area contributed by atoms with Crippen molar-refractivity contribution in [3.05, 3.63) is 35.4 Å². The van der Waals surface area contributed by atoms with E-state index in [9.17, 15) is 4.79 Å². The van der Waals surface area contributed by atoms with Crippen LogP contribution in [-0.2, 0) is 6.54 Å². The van der Waals surface area contributed by atoms with Crippen molar-refractivity contribution in [1.29, 1.82) is 0 Å². The second-order valence-corrected chi connectivity index (χ2v) is 7.90. The Kier molecular flexibility index (Phi) is 9.83. The van der Waals surface area contributed by atoms with E-state index in [1.54, 1.807) is 7.05 Å². The van der Waals surface area contributed by atoms with Crippen LogP contribution in [0.15, 0.2) is 29.3 Å². The predicted molar refractivity (Wildman–Crippen MR) is 117 cm³/mol. The van der Waals surface area contributed by atoms with Crippen molar-refractivity contribution >= 4 is 11.9 Å². The third-order valence-corrected chi connectivity index (χ3v) is 5.27. The van der Waals surface area contributed by atoms with Crippen LogP contribution in [-0.4, -0.2) is 57.5 Å². The maximum Gasteiger partial charge on any atom is 0.251 e. The van der Waals surface area contributed by atoms with Gasteiger partial charge in [0, 0.05) is 38.8 Å². The standard InChI is InChI=1S/C22H37N5O/c1-23-22(25-13-7-11-18-8-4-5-9-18)26-17-19-10-6-12-20(16-19)21(28)24-14-15-27(2)3/h6,10,12,16,18H,4-5,7-9,11,13-15,17H2,1-3H3,(H,24,28)(H2,23,25,26). The molecule has 1 aliphatic carbocycles. The topological polar surface area (TPSA) is 68.8 Å². The minimum atomic E-state index is -0.0295. The maximum atomic E-state index is 12.3. The lowest BCUT2D eigenvalue weighted by Crippen LogP contribution is -2.37. The van der Waals surface area contributed by atoms with Gasteiger partial charge in [0.1, 0.15) is 0 Å². The number of amides is 1. The Balaban J connectivity index is 1.71. The van der Waals surface area contributed by atoms with Crippen LogP contribution in [0.1, 0.15) is 54.4 Å². The molecule has 0 saturated heterocycles. The highest BCUT2D eigenvalue weighted by atomic mass is 16.1. The van der Waals surface area contributed by atoms with Crippen molar-refractivity contribution < 1.29 is 4.79 Å². The number of carbonyl (C=O) groups is 1. The van der Waals surface area contributed by atoms with Crippen molar-refractivity contribution in [2.24, 2.45) is 10.9 Å². The SMILES string of the molecule is CN=C(NCCCC1CCCC1)NCc1cccc(C(=O)NCCN(C)C)c1. The zero-order valence-electron chi connectivity index (χ0n) is 17.8. The van der Waals surface area contributed by atoms with Gasteiger partial charge in [-0.1, -0.05) is 37.8 Å². The fourth-order valence-electron chi connectivity index (χ4n) is 3.62. The van der Waals surface area contributed by atoms with Crippen LogP contribution >= 0.6 is 0 Å². The normalized spacial score (nSPS) is 15.1. The van der Waals surface area contributed by atoms with Gasteiger partial charge < -0.3 is 20.9 Å². The number of rotatable bonds is 10. The number of hydrogen-bond acceptors (Lipinski definition) is 3. The van der Waals surface area contributed by atoms with Gasteiger partial charge in [-0.3, -0.25) is 9.79 Å². The zero-order chi connectivity index (χ0) is 20.2. The number of benzene rings is 1.